The molecule has 0 saturated heterocycles. The van der Waals surface area contributed by atoms with Gasteiger partial charge in [-0.05, 0) is 43.4 Å². The van der Waals surface area contributed by atoms with Crippen LogP contribution in [0.3, 0.4) is 0 Å². The molecule has 1 aliphatic heterocycles. The molecule has 82 valence electrons. The monoisotopic (exact) mass is 203 g/mol. The van der Waals surface area contributed by atoms with Crippen molar-refractivity contribution in [2.45, 2.75) is 46.2 Å². The number of benzene rings is 1. The summed E-state index contributed by atoms with van der Waals surface area (Å²) in [6, 6.07) is 7.46. The Kier molecular flexibility index (Phi) is 3.11. The first-order chi connectivity index (χ1) is 7.22. The number of hydrogen-bond donors (Lipinski definition) is 0. The summed E-state index contributed by atoms with van der Waals surface area (Å²) in [4.78, 5) is 2.57. The van der Waals surface area contributed by atoms with Crippen molar-refractivity contribution in [1.82, 2.24) is 4.90 Å². The molecule has 1 heterocycles. The largest absolute Gasteiger partial charge is 0.296 e. The standard InChI is InChI=1S/C14H21N/c1-4-12-6-5-7-13-8-9-15(11(2)3)10-14(12)13/h5-7,11H,4,8-10H2,1-3H3. The van der Waals surface area contributed by atoms with Gasteiger partial charge in [0.1, 0.15) is 0 Å². The summed E-state index contributed by atoms with van der Waals surface area (Å²) in [5, 5.41) is 0. The Bertz CT molecular complexity index is 327. The highest BCUT2D eigenvalue weighted by Crippen LogP contribution is 2.24. The molecule has 0 spiro atoms. The van der Waals surface area contributed by atoms with E-state index in [9.17, 15) is 0 Å². The molecule has 0 aromatic heterocycles. The summed E-state index contributed by atoms with van der Waals surface area (Å²) in [6.07, 6.45) is 2.39. The molecule has 1 nitrogen and oxygen atoms in total. The van der Waals surface area contributed by atoms with Crippen LogP contribution in [0.25, 0.3) is 0 Å². The first kappa shape index (κ1) is 10.7. The minimum atomic E-state index is 0.670. The van der Waals surface area contributed by atoms with E-state index in [-0.39, 0.29) is 0 Å². The third-order valence-corrected chi connectivity index (χ3v) is 3.51. The molecular formula is C14H21N. The second-order valence-electron chi connectivity index (χ2n) is 4.72. The van der Waals surface area contributed by atoms with E-state index in [0.717, 1.165) is 13.0 Å². The highest BCUT2D eigenvalue weighted by atomic mass is 15.1. The molecule has 1 heteroatoms. The molecule has 1 aliphatic rings. The minimum absolute atomic E-state index is 0.670. The van der Waals surface area contributed by atoms with Crippen molar-refractivity contribution in [2.75, 3.05) is 6.54 Å². The van der Waals surface area contributed by atoms with E-state index in [2.05, 4.69) is 43.9 Å². The summed E-state index contributed by atoms with van der Waals surface area (Å²) < 4.78 is 0. The van der Waals surface area contributed by atoms with Crippen molar-refractivity contribution >= 4 is 0 Å². The van der Waals surface area contributed by atoms with Gasteiger partial charge in [-0.15, -0.1) is 0 Å². The predicted octanol–water partition coefficient (Wildman–Crippen LogP) is 3.02. The molecule has 0 saturated carbocycles. The molecule has 0 fully saturated rings. The predicted molar refractivity (Wildman–Crippen MR) is 65.1 cm³/mol. The lowest BCUT2D eigenvalue weighted by atomic mass is 9.93. The Labute approximate surface area is 93.1 Å². The Morgan fingerprint density at radius 3 is 2.80 bits per heavy atom. The van der Waals surface area contributed by atoms with Gasteiger partial charge in [-0.1, -0.05) is 25.1 Å². The van der Waals surface area contributed by atoms with E-state index in [0.29, 0.717) is 6.04 Å². The molecule has 0 unspecified atom stereocenters. The Morgan fingerprint density at radius 1 is 1.33 bits per heavy atom. The molecule has 0 N–H and O–H groups in total. The molecule has 1 aromatic rings. The summed E-state index contributed by atoms with van der Waals surface area (Å²) >= 11 is 0. The number of rotatable bonds is 2. The topological polar surface area (TPSA) is 3.24 Å². The van der Waals surface area contributed by atoms with Gasteiger partial charge in [-0.3, -0.25) is 4.90 Å². The van der Waals surface area contributed by atoms with Crippen molar-refractivity contribution in [3.8, 4) is 0 Å². The average molecular weight is 203 g/mol. The maximum Gasteiger partial charge on any atom is 0.0242 e. The van der Waals surface area contributed by atoms with Crippen LogP contribution in [0.5, 0.6) is 0 Å². The van der Waals surface area contributed by atoms with E-state index >= 15 is 0 Å². The van der Waals surface area contributed by atoms with Gasteiger partial charge in [-0.2, -0.15) is 0 Å². The second kappa shape index (κ2) is 4.36. The highest BCUT2D eigenvalue weighted by molar-refractivity contribution is 5.37. The van der Waals surface area contributed by atoms with Crippen molar-refractivity contribution in [2.24, 2.45) is 0 Å². The van der Waals surface area contributed by atoms with Crippen LogP contribution in [0.1, 0.15) is 37.5 Å². The van der Waals surface area contributed by atoms with Crippen molar-refractivity contribution in [1.29, 1.82) is 0 Å². The van der Waals surface area contributed by atoms with Crippen LogP contribution >= 0.6 is 0 Å². The van der Waals surface area contributed by atoms with Crippen LogP contribution in [0, 0.1) is 0 Å². The summed E-state index contributed by atoms with van der Waals surface area (Å²) in [7, 11) is 0. The number of hydrogen-bond acceptors (Lipinski definition) is 1. The zero-order valence-electron chi connectivity index (χ0n) is 10.1. The molecular weight excluding hydrogens is 182 g/mol. The lowest BCUT2D eigenvalue weighted by Gasteiger charge is -2.33. The molecule has 0 radical (unpaired) electrons. The zero-order valence-corrected chi connectivity index (χ0v) is 10.1. The van der Waals surface area contributed by atoms with Gasteiger partial charge in [0.05, 0.1) is 0 Å². The summed E-state index contributed by atoms with van der Waals surface area (Å²) in [5.74, 6) is 0. The fourth-order valence-electron chi connectivity index (χ4n) is 2.44. The minimum Gasteiger partial charge on any atom is -0.296 e. The summed E-state index contributed by atoms with van der Waals surface area (Å²) in [6.45, 7) is 9.21. The van der Waals surface area contributed by atoms with E-state index in [1.165, 1.54) is 18.5 Å². The molecule has 1 aromatic carbocycles. The van der Waals surface area contributed by atoms with Gasteiger partial charge in [-0.25, -0.2) is 0 Å². The van der Waals surface area contributed by atoms with Crippen molar-refractivity contribution in [3.05, 3.63) is 34.9 Å². The molecule has 0 aliphatic carbocycles. The zero-order chi connectivity index (χ0) is 10.8. The Balaban J connectivity index is 2.30. The fourth-order valence-corrected chi connectivity index (χ4v) is 2.44. The van der Waals surface area contributed by atoms with Crippen LogP contribution < -0.4 is 0 Å². The molecule has 0 amide bonds. The van der Waals surface area contributed by atoms with Gasteiger partial charge in [0, 0.05) is 19.1 Å². The fraction of sp³-hybridized carbons (Fsp3) is 0.571. The smallest absolute Gasteiger partial charge is 0.0242 e. The maximum absolute atomic E-state index is 2.57. The van der Waals surface area contributed by atoms with Crippen LogP contribution in [-0.2, 0) is 19.4 Å². The van der Waals surface area contributed by atoms with Crippen LogP contribution in [0.4, 0.5) is 0 Å². The van der Waals surface area contributed by atoms with Crippen LogP contribution in [0.2, 0.25) is 0 Å². The van der Waals surface area contributed by atoms with Crippen molar-refractivity contribution < 1.29 is 0 Å². The third kappa shape index (κ3) is 2.07. The molecule has 15 heavy (non-hydrogen) atoms. The maximum atomic E-state index is 2.57. The van der Waals surface area contributed by atoms with Crippen LogP contribution in [0.15, 0.2) is 18.2 Å². The first-order valence-electron chi connectivity index (χ1n) is 6.06. The lowest BCUT2D eigenvalue weighted by Crippen LogP contribution is -2.36. The third-order valence-electron chi connectivity index (χ3n) is 3.51. The van der Waals surface area contributed by atoms with Crippen LogP contribution in [-0.4, -0.2) is 17.5 Å². The normalized spacial score (nSPS) is 16.8. The van der Waals surface area contributed by atoms with E-state index in [1.807, 2.05) is 0 Å². The molecule has 0 bridgehead atoms. The lowest BCUT2D eigenvalue weighted by molar-refractivity contribution is 0.203. The Morgan fingerprint density at radius 2 is 2.13 bits per heavy atom. The van der Waals surface area contributed by atoms with Gasteiger partial charge in [0.25, 0.3) is 0 Å². The SMILES string of the molecule is CCc1cccc2c1CN(C(C)C)CC2. The molecule has 0 atom stereocenters. The number of fused-ring (bicyclic) bond motifs is 1. The van der Waals surface area contributed by atoms with Gasteiger partial charge in [0.15, 0.2) is 0 Å². The van der Waals surface area contributed by atoms with E-state index in [1.54, 1.807) is 11.1 Å². The number of nitrogens with zero attached hydrogens (tertiary/aromatic N) is 1. The highest BCUT2D eigenvalue weighted by Gasteiger charge is 2.19. The first-order valence-corrected chi connectivity index (χ1v) is 6.06. The van der Waals surface area contributed by atoms with E-state index in [4.69, 9.17) is 0 Å². The van der Waals surface area contributed by atoms with Gasteiger partial charge in [0.2, 0.25) is 0 Å². The quantitative estimate of drug-likeness (QED) is 0.714. The Hall–Kier alpha value is -0.820. The number of aryl methyl sites for hydroxylation is 1. The van der Waals surface area contributed by atoms with Crippen molar-refractivity contribution in [3.63, 3.8) is 0 Å². The second-order valence-corrected chi connectivity index (χ2v) is 4.72. The van der Waals surface area contributed by atoms with Gasteiger partial charge < -0.3 is 0 Å². The average Bonchev–Trinajstić information content (AvgIpc) is 2.27. The van der Waals surface area contributed by atoms with E-state index < -0.39 is 0 Å². The summed E-state index contributed by atoms with van der Waals surface area (Å²) in [5.41, 5.74) is 4.71. The van der Waals surface area contributed by atoms with Gasteiger partial charge >= 0.3 is 0 Å². The molecule has 2 rings (SSSR count).